The number of fused-ring (bicyclic) bond motifs is 2. The fourth-order valence-electron chi connectivity index (χ4n) is 4.30. The van der Waals surface area contributed by atoms with Gasteiger partial charge in [0.1, 0.15) is 5.75 Å². The van der Waals surface area contributed by atoms with Crippen LogP contribution in [0.4, 0.5) is 18.9 Å². The first-order chi connectivity index (χ1) is 11.9. The molecule has 0 amide bonds. The van der Waals surface area contributed by atoms with Gasteiger partial charge >= 0.3 is 6.18 Å². The maximum absolute atomic E-state index is 13.6. The van der Waals surface area contributed by atoms with E-state index < -0.39 is 11.7 Å². The monoisotopic (exact) mass is 347 g/mol. The molecule has 25 heavy (non-hydrogen) atoms. The van der Waals surface area contributed by atoms with Crippen molar-refractivity contribution in [3.05, 3.63) is 47.5 Å². The van der Waals surface area contributed by atoms with Crippen LogP contribution >= 0.6 is 0 Å². The fraction of sp³-hybridized carbons (Fsp3) is 0.400. The molecule has 1 aliphatic heterocycles. The van der Waals surface area contributed by atoms with Crippen LogP contribution in [-0.4, -0.2) is 13.7 Å². The van der Waals surface area contributed by atoms with Gasteiger partial charge in [-0.15, -0.1) is 0 Å². The summed E-state index contributed by atoms with van der Waals surface area (Å²) in [4.78, 5) is 0. The number of alkyl halides is 3. The van der Waals surface area contributed by atoms with Gasteiger partial charge in [0.05, 0.1) is 12.7 Å². The van der Waals surface area contributed by atoms with E-state index in [1.807, 2.05) is 12.1 Å². The maximum Gasteiger partial charge on any atom is 0.417 e. The predicted molar refractivity (Wildman–Crippen MR) is 92.1 cm³/mol. The predicted octanol–water partition coefficient (Wildman–Crippen LogP) is 5.62. The number of ether oxygens (including phenoxy) is 1. The molecule has 2 aliphatic rings. The molecule has 2 aromatic rings. The highest BCUT2D eigenvalue weighted by Crippen LogP contribution is 2.49. The molecule has 132 valence electrons. The summed E-state index contributed by atoms with van der Waals surface area (Å²) in [5, 5.41) is 3.43. The number of benzene rings is 2. The van der Waals surface area contributed by atoms with Crippen molar-refractivity contribution in [2.45, 2.75) is 37.3 Å². The Balaban J connectivity index is 1.84. The van der Waals surface area contributed by atoms with Crippen LogP contribution in [0.25, 0.3) is 11.1 Å². The number of methoxy groups -OCH3 is 1. The van der Waals surface area contributed by atoms with Crippen molar-refractivity contribution in [3.63, 3.8) is 0 Å². The van der Waals surface area contributed by atoms with Crippen molar-refractivity contribution >= 4 is 5.69 Å². The number of hydrogen-bond acceptors (Lipinski definition) is 2. The van der Waals surface area contributed by atoms with Crippen LogP contribution in [0.1, 0.15) is 36.8 Å². The van der Waals surface area contributed by atoms with E-state index in [1.165, 1.54) is 31.6 Å². The van der Waals surface area contributed by atoms with E-state index in [-0.39, 0.29) is 16.7 Å². The summed E-state index contributed by atoms with van der Waals surface area (Å²) < 4.78 is 45.6. The average molecular weight is 347 g/mol. The first kappa shape index (κ1) is 16.3. The number of halogens is 3. The molecule has 1 saturated carbocycles. The molecular weight excluding hydrogens is 327 g/mol. The summed E-state index contributed by atoms with van der Waals surface area (Å²) in [6, 6.07) is 9.82. The second-order valence-electron chi connectivity index (χ2n) is 7.01. The largest absolute Gasteiger partial charge is 0.497 e. The molecule has 0 aromatic heterocycles. The van der Waals surface area contributed by atoms with E-state index in [2.05, 4.69) is 5.32 Å². The second-order valence-corrected chi connectivity index (χ2v) is 7.01. The molecule has 2 aromatic carbocycles. The van der Waals surface area contributed by atoms with Gasteiger partial charge in [-0.1, -0.05) is 25.0 Å². The third-order valence-electron chi connectivity index (χ3n) is 5.61. The highest BCUT2D eigenvalue weighted by Gasteiger charge is 2.41. The molecule has 0 unspecified atom stereocenters. The minimum atomic E-state index is -4.42. The Bertz CT molecular complexity index is 807. The smallest absolute Gasteiger partial charge is 0.417 e. The summed E-state index contributed by atoms with van der Waals surface area (Å²) in [5.74, 6) is 0.214. The topological polar surface area (TPSA) is 21.3 Å². The van der Waals surface area contributed by atoms with Gasteiger partial charge in [-0.3, -0.25) is 0 Å². The lowest BCUT2D eigenvalue weighted by Gasteiger charge is -2.23. The first-order valence-electron chi connectivity index (χ1n) is 8.57. The maximum atomic E-state index is 13.6. The minimum Gasteiger partial charge on any atom is -0.497 e. The van der Waals surface area contributed by atoms with E-state index in [0.717, 1.165) is 31.1 Å². The zero-order valence-electron chi connectivity index (χ0n) is 14.0. The molecule has 1 spiro atoms. The van der Waals surface area contributed by atoms with Gasteiger partial charge in [0, 0.05) is 17.6 Å². The number of nitrogens with one attached hydrogen (secondary N) is 1. The standard InChI is InChI=1S/C20H20F3NO/c1-25-14-5-6-15(16(11-14)20(21,22)23)13-4-7-18-17(10-13)19(12-24-18)8-2-3-9-19/h4-7,10-11,24H,2-3,8-9,12H2,1H3. The van der Waals surface area contributed by atoms with Gasteiger partial charge < -0.3 is 10.1 Å². The van der Waals surface area contributed by atoms with E-state index in [0.29, 0.717) is 5.56 Å². The molecule has 1 fully saturated rings. The van der Waals surface area contributed by atoms with Crippen molar-refractivity contribution in [1.82, 2.24) is 0 Å². The molecular formula is C20H20F3NO. The lowest BCUT2D eigenvalue weighted by molar-refractivity contribution is -0.137. The number of rotatable bonds is 2. The Kier molecular flexibility index (Phi) is 3.71. The van der Waals surface area contributed by atoms with E-state index >= 15 is 0 Å². The highest BCUT2D eigenvalue weighted by atomic mass is 19.4. The summed E-state index contributed by atoms with van der Waals surface area (Å²) in [6.07, 6.45) is 0.145. The molecule has 0 atom stereocenters. The summed E-state index contributed by atoms with van der Waals surface area (Å²) in [7, 11) is 1.38. The molecule has 1 aliphatic carbocycles. The molecule has 0 saturated heterocycles. The molecule has 2 nitrogen and oxygen atoms in total. The van der Waals surface area contributed by atoms with Crippen LogP contribution in [-0.2, 0) is 11.6 Å². The fourth-order valence-corrected chi connectivity index (χ4v) is 4.30. The third-order valence-corrected chi connectivity index (χ3v) is 5.61. The van der Waals surface area contributed by atoms with E-state index in [1.54, 1.807) is 12.1 Å². The molecule has 0 radical (unpaired) electrons. The van der Waals surface area contributed by atoms with Crippen molar-refractivity contribution in [1.29, 1.82) is 0 Å². The zero-order chi connectivity index (χ0) is 17.7. The number of hydrogen-bond donors (Lipinski definition) is 1. The van der Waals surface area contributed by atoms with Gasteiger partial charge in [-0.05, 0) is 53.8 Å². The van der Waals surface area contributed by atoms with Crippen LogP contribution in [0, 0.1) is 0 Å². The van der Waals surface area contributed by atoms with Gasteiger partial charge in [-0.2, -0.15) is 13.2 Å². The van der Waals surface area contributed by atoms with Crippen LogP contribution < -0.4 is 10.1 Å². The quantitative estimate of drug-likeness (QED) is 0.761. The second kappa shape index (κ2) is 5.68. The summed E-state index contributed by atoms with van der Waals surface area (Å²) in [6.45, 7) is 0.889. The van der Waals surface area contributed by atoms with Gasteiger partial charge in [0.2, 0.25) is 0 Å². The SMILES string of the molecule is COc1ccc(-c2ccc3c(c2)C2(CCCC2)CN3)c(C(F)(F)F)c1. The van der Waals surface area contributed by atoms with Crippen molar-refractivity contribution < 1.29 is 17.9 Å². The minimum absolute atomic E-state index is 0.0935. The Morgan fingerprint density at radius 3 is 2.48 bits per heavy atom. The van der Waals surface area contributed by atoms with Crippen LogP contribution in [0.2, 0.25) is 0 Å². The molecule has 5 heteroatoms. The molecule has 1 N–H and O–H groups in total. The molecule has 4 rings (SSSR count). The Hall–Kier alpha value is -2.17. The Morgan fingerprint density at radius 1 is 1.04 bits per heavy atom. The molecule has 0 bridgehead atoms. The highest BCUT2D eigenvalue weighted by molar-refractivity contribution is 5.75. The lowest BCUT2D eigenvalue weighted by Crippen LogP contribution is -2.24. The summed E-state index contributed by atoms with van der Waals surface area (Å²) in [5.41, 5.74) is 2.49. The zero-order valence-corrected chi connectivity index (χ0v) is 14.0. The van der Waals surface area contributed by atoms with Crippen LogP contribution in [0.15, 0.2) is 36.4 Å². The van der Waals surface area contributed by atoms with Gasteiger partial charge in [0.15, 0.2) is 0 Å². The third kappa shape index (κ3) is 2.66. The Labute approximate surface area is 145 Å². The molecule has 1 heterocycles. The lowest BCUT2D eigenvalue weighted by atomic mass is 9.79. The normalized spacial score (nSPS) is 18.2. The van der Waals surface area contributed by atoms with Crippen LogP contribution in [0.3, 0.4) is 0 Å². The van der Waals surface area contributed by atoms with E-state index in [4.69, 9.17) is 4.74 Å². The summed E-state index contributed by atoms with van der Waals surface area (Å²) >= 11 is 0. The van der Waals surface area contributed by atoms with Gasteiger partial charge in [0.25, 0.3) is 0 Å². The van der Waals surface area contributed by atoms with E-state index in [9.17, 15) is 13.2 Å². The van der Waals surface area contributed by atoms with Crippen molar-refractivity contribution in [2.24, 2.45) is 0 Å². The van der Waals surface area contributed by atoms with Crippen LogP contribution in [0.5, 0.6) is 5.75 Å². The Morgan fingerprint density at radius 2 is 1.80 bits per heavy atom. The van der Waals surface area contributed by atoms with Gasteiger partial charge in [-0.25, -0.2) is 0 Å². The van der Waals surface area contributed by atoms with Crippen molar-refractivity contribution in [2.75, 3.05) is 19.0 Å². The number of anilines is 1. The first-order valence-corrected chi connectivity index (χ1v) is 8.57. The van der Waals surface area contributed by atoms with Crippen molar-refractivity contribution in [3.8, 4) is 16.9 Å². The average Bonchev–Trinajstić information content (AvgIpc) is 3.22.